The second kappa shape index (κ2) is 4.16. The standard InChI is InChI=1S/C15H17NO2/c1-16-12-7-3-2-6-11(12)15-10(9-14(17)18)5-4-8-13(15)16/h2-3,6-7,10H,4-5,8-9H2,1H3,(H,17,18). The predicted octanol–water partition coefficient (Wildman–Crippen LogP) is 3.07. The normalized spacial score (nSPS) is 18.8. The molecule has 1 aromatic heterocycles. The highest BCUT2D eigenvalue weighted by Crippen LogP contribution is 2.40. The van der Waals surface area contributed by atoms with Crippen molar-refractivity contribution in [3.05, 3.63) is 35.5 Å². The minimum Gasteiger partial charge on any atom is -0.481 e. The lowest BCUT2D eigenvalue weighted by Crippen LogP contribution is -2.14. The van der Waals surface area contributed by atoms with E-state index in [0.29, 0.717) is 0 Å². The van der Waals surface area contributed by atoms with Crippen LogP contribution in [0.15, 0.2) is 24.3 Å². The zero-order valence-corrected chi connectivity index (χ0v) is 10.5. The van der Waals surface area contributed by atoms with Crippen LogP contribution in [0, 0.1) is 0 Å². The lowest BCUT2D eigenvalue weighted by atomic mass is 9.83. The zero-order valence-electron chi connectivity index (χ0n) is 10.5. The summed E-state index contributed by atoms with van der Waals surface area (Å²) in [5.74, 6) is -0.516. The van der Waals surface area contributed by atoms with Crippen molar-refractivity contribution in [1.82, 2.24) is 4.57 Å². The quantitative estimate of drug-likeness (QED) is 0.880. The summed E-state index contributed by atoms with van der Waals surface area (Å²) < 4.78 is 2.23. The number of hydrogen-bond donors (Lipinski definition) is 1. The third-order valence-electron chi connectivity index (χ3n) is 4.07. The molecule has 2 aromatic rings. The molecule has 94 valence electrons. The van der Waals surface area contributed by atoms with E-state index in [0.717, 1.165) is 19.3 Å². The number of benzene rings is 1. The van der Waals surface area contributed by atoms with E-state index in [-0.39, 0.29) is 12.3 Å². The number of aliphatic carboxylic acids is 1. The first kappa shape index (κ1) is 11.3. The molecule has 3 heteroatoms. The van der Waals surface area contributed by atoms with Crippen molar-refractivity contribution in [3.8, 4) is 0 Å². The Morgan fingerprint density at radius 3 is 3.00 bits per heavy atom. The maximum Gasteiger partial charge on any atom is 0.303 e. The third-order valence-corrected chi connectivity index (χ3v) is 4.07. The number of carbonyl (C=O) groups is 1. The molecule has 1 aliphatic rings. The van der Waals surface area contributed by atoms with E-state index in [2.05, 4.69) is 23.7 Å². The lowest BCUT2D eigenvalue weighted by molar-refractivity contribution is -0.137. The fraction of sp³-hybridized carbons (Fsp3) is 0.400. The van der Waals surface area contributed by atoms with E-state index >= 15 is 0 Å². The molecule has 1 atom stereocenters. The van der Waals surface area contributed by atoms with Crippen molar-refractivity contribution in [1.29, 1.82) is 0 Å². The van der Waals surface area contributed by atoms with Gasteiger partial charge in [0.1, 0.15) is 0 Å². The summed E-state index contributed by atoms with van der Waals surface area (Å²) in [6.07, 6.45) is 3.40. The molecular formula is C15H17NO2. The molecule has 0 spiro atoms. The molecule has 1 aliphatic carbocycles. The Morgan fingerprint density at radius 2 is 2.22 bits per heavy atom. The van der Waals surface area contributed by atoms with Crippen LogP contribution in [0.1, 0.15) is 36.4 Å². The molecule has 0 fully saturated rings. The summed E-state index contributed by atoms with van der Waals surface area (Å²) in [6.45, 7) is 0. The number of hydrogen-bond acceptors (Lipinski definition) is 1. The van der Waals surface area contributed by atoms with E-state index in [1.54, 1.807) is 0 Å². The molecule has 0 amide bonds. The summed E-state index contributed by atoms with van der Waals surface area (Å²) in [5.41, 5.74) is 3.83. The minimum absolute atomic E-state index is 0.178. The summed E-state index contributed by atoms with van der Waals surface area (Å²) in [5, 5.41) is 10.3. The molecule has 1 aromatic carbocycles. The Balaban J connectivity index is 2.21. The van der Waals surface area contributed by atoms with Gasteiger partial charge in [-0.25, -0.2) is 0 Å². The fourth-order valence-corrected chi connectivity index (χ4v) is 3.31. The van der Waals surface area contributed by atoms with Gasteiger partial charge in [0.15, 0.2) is 0 Å². The van der Waals surface area contributed by atoms with Crippen LogP contribution in [0.3, 0.4) is 0 Å². The molecule has 18 heavy (non-hydrogen) atoms. The number of rotatable bonds is 2. The molecule has 1 heterocycles. The Hall–Kier alpha value is -1.77. The Bertz CT molecular complexity index is 612. The highest BCUT2D eigenvalue weighted by atomic mass is 16.4. The van der Waals surface area contributed by atoms with Crippen molar-refractivity contribution >= 4 is 16.9 Å². The number of para-hydroxylation sites is 1. The second-order valence-electron chi connectivity index (χ2n) is 5.12. The average molecular weight is 243 g/mol. The molecule has 0 radical (unpaired) electrons. The van der Waals surface area contributed by atoms with Crippen molar-refractivity contribution in [3.63, 3.8) is 0 Å². The van der Waals surface area contributed by atoms with Gasteiger partial charge in [-0.3, -0.25) is 4.79 Å². The summed E-state index contributed by atoms with van der Waals surface area (Å²) in [7, 11) is 2.09. The molecule has 0 saturated carbocycles. The van der Waals surface area contributed by atoms with Gasteiger partial charge in [-0.2, -0.15) is 0 Å². The molecule has 0 aliphatic heterocycles. The van der Waals surface area contributed by atoms with E-state index in [9.17, 15) is 4.79 Å². The van der Waals surface area contributed by atoms with Gasteiger partial charge in [0.05, 0.1) is 6.42 Å². The second-order valence-corrected chi connectivity index (χ2v) is 5.12. The van der Waals surface area contributed by atoms with Gasteiger partial charge in [0, 0.05) is 23.6 Å². The summed E-state index contributed by atoms with van der Waals surface area (Å²) in [4.78, 5) is 11.0. The highest BCUT2D eigenvalue weighted by molar-refractivity contribution is 5.87. The SMILES string of the molecule is Cn1c2c(c3ccccc31)C(CC(=O)O)CCC2. The third kappa shape index (κ3) is 1.62. The van der Waals surface area contributed by atoms with Crippen LogP contribution in [-0.2, 0) is 18.3 Å². The van der Waals surface area contributed by atoms with Crippen LogP contribution in [0.25, 0.3) is 10.9 Å². The number of nitrogens with zero attached hydrogens (tertiary/aromatic N) is 1. The van der Waals surface area contributed by atoms with Gasteiger partial charge in [0.2, 0.25) is 0 Å². The maximum absolute atomic E-state index is 11.0. The van der Waals surface area contributed by atoms with E-state index in [4.69, 9.17) is 5.11 Å². The zero-order chi connectivity index (χ0) is 12.7. The van der Waals surface area contributed by atoms with Gasteiger partial charge in [-0.15, -0.1) is 0 Å². The largest absolute Gasteiger partial charge is 0.481 e. The summed E-state index contributed by atoms with van der Waals surface area (Å²) >= 11 is 0. The van der Waals surface area contributed by atoms with E-state index < -0.39 is 5.97 Å². The minimum atomic E-state index is -0.694. The predicted molar refractivity (Wildman–Crippen MR) is 70.9 cm³/mol. The van der Waals surface area contributed by atoms with Crippen LogP contribution in [0.2, 0.25) is 0 Å². The van der Waals surface area contributed by atoms with Gasteiger partial charge in [-0.05, 0) is 36.8 Å². The van der Waals surface area contributed by atoms with E-state index in [1.165, 1.54) is 22.2 Å². The van der Waals surface area contributed by atoms with Crippen LogP contribution >= 0.6 is 0 Å². The number of aryl methyl sites for hydroxylation is 1. The molecule has 3 rings (SSSR count). The van der Waals surface area contributed by atoms with Crippen molar-refractivity contribution in [2.75, 3.05) is 0 Å². The van der Waals surface area contributed by atoms with Crippen molar-refractivity contribution in [2.24, 2.45) is 7.05 Å². The average Bonchev–Trinajstić information content (AvgIpc) is 2.65. The first-order chi connectivity index (χ1) is 8.68. The number of carboxylic acid groups (broad SMARTS) is 1. The number of aromatic nitrogens is 1. The Kier molecular flexibility index (Phi) is 2.62. The molecule has 1 N–H and O–H groups in total. The Labute approximate surface area is 106 Å². The first-order valence-corrected chi connectivity index (χ1v) is 6.46. The smallest absolute Gasteiger partial charge is 0.303 e. The molecule has 0 saturated heterocycles. The van der Waals surface area contributed by atoms with Crippen LogP contribution in [-0.4, -0.2) is 15.6 Å². The first-order valence-electron chi connectivity index (χ1n) is 6.46. The van der Waals surface area contributed by atoms with Crippen LogP contribution in [0.4, 0.5) is 0 Å². The Morgan fingerprint density at radius 1 is 1.44 bits per heavy atom. The summed E-state index contributed by atoms with van der Waals surface area (Å²) in [6, 6.07) is 8.31. The van der Waals surface area contributed by atoms with Crippen LogP contribution < -0.4 is 0 Å². The maximum atomic E-state index is 11.0. The number of fused-ring (bicyclic) bond motifs is 3. The van der Waals surface area contributed by atoms with E-state index in [1.807, 2.05) is 12.1 Å². The molecule has 1 unspecified atom stereocenters. The molecule has 3 nitrogen and oxygen atoms in total. The van der Waals surface area contributed by atoms with Gasteiger partial charge < -0.3 is 9.67 Å². The van der Waals surface area contributed by atoms with Gasteiger partial charge in [0.25, 0.3) is 0 Å². The highest BCUT2D eigenvalue weighted by Gasteiger charge is 2.27. The monoisotopic (exact) mass is 243 g/mol. The molecular weight excluding hydrogens is 226 g/mol. The topological polar surface area (TPSA) is 42.2 Å². The van der Waals surface area contributed by atoms with Gasteiger partial charge in [-0.1, -0.05) is 18.2 Å². The fourth-order valence-electron chi connectivity index (χ4n) is 3.31. The number of carboxylic acids is 1. The van der Waals surface area contributed by atoms with Crippen molar-refractivity contribution in [2.45, 2.75) is 31.6 Å². The van der Waals surface area contributed by atoms with Crippen LogP contribution in [0.5, 0.6) is 0 Å². The lowest BCUT2D eigenvalue weighted by Gasteiger charge is -2.22. The van der Waals surface area contributed by atoms with Crippen molar-refractivity contribution < 1.29 is 9.90 Å². The van der Waals surface area contributed by atoms with Gasteiger partial charge >= 0.3 is 5.97 Å². The molecule has 0 bridgehead atoms.